The second-order valence-electron chi connectivity index (χ2n) is 2.96. The molecule has 1 aromatic rings. The highest BCUT2D eigenvalue weighted by Gasteiger charge is 2.42. The summed E-state index contributed by atoms with van der Waals surface area (Å²) in [5, 5.41) is 8.16. The van der Waals surface area contributed by atoms with Crippen LogP contribution in [0, 0.1) is 0 Å². The molecule has 7 heteroatoms. The lowest BCUT2D eigenvalue weighted by Crippen LogP contribution is -2.25. The van der Waals surface area contributed by atoms with Crippen molar-refractivity contribution in [3.63, 3.8) is 0 Å². The molecular formula is C9H5F5O2. The first-order valence-corrected chi connectivity index (χ1v) is 3.94. The van der Waals surface area contributed by atoms with Gasteiger partial charge in [-0.2, -0.15) is 22.0 Å². The summed E-state index contributed by atoms with van der Waals surface area (Å²) < 4.78 is 62.3. The summed E-state index contributed by atoms with van der Waals surface area (Å²) in [6.45, 7) is 0. The van der Waals surface area contributed by atoms with Gasteiger partial charge in [-0.15, -0.1) is 0 Å². The summed E-state index contributed by atoms with van der Waals surface area (Å²) in [7, 11) is 0. The van der Waals surface area contributed by atoms with Gasteiger partial charge < -0.3 is 5.11 Å². The van der Waals surface area contributed by atoms with E-state index in [2.05, 4.69) is 0 Å². The molecule has 0 spiro atoms. The maximum atomic E-state index is 12.9. The molecule has 0 aliphatic heterocycles. The lowest BCUT2D eigenvalue weighted by Gasteiger charge is -2.13. The summed E-state index contributed by atoms with van der Waals surface area (Å²) in [6, 6.07) is 2.06. The minimum Gasteiger partial charge on any atom is -0.477 e. The molecule has 1 aromatic carbocycles. The molecule has 0 bridgehead atoms. The van der Waals surface area contributed by atoms with Crippen LogP contribution in [0.4, 0.5) is 22.0 Å². The Morgan fingerprint density at radius 2 is 1.56 bits per heavy atom. The Morgan fingerprint density at radius 3 is 2.00 bits per heavy atom. The van der Waals surface area contributed by atoms with Crippen LogP contribution in [-0.4, -0.2) is 11.1 Å². The molecule has 0 aliphatic carbocycles. The van der Waals surface area contributed by atoms with E-state index in [0.717, 1.165) is 6.07 Å². The fraction of sp³-hybridized carbons (Fsp3) is 0.222. The van der Waals surface area contributed by atoms with Crippen molar-refractivity contribution in [3.05, 3.63) is 35.4 Å². The van der Waals surface area contributed by atoms with Gasteiger partial charge in [0.15, 0.2) is 0 Å². The number of hydrogen-bond acceptors (Lipinski definition) is 1. The summed E-state index contributed by atoms with van der Waals surface area (Å²) in [5.41, 5.74) is -2.51. The monoisotopic (exact) mass is 240 g/mol. The largest absolute Gasteiger partial charge is 0.477 e. The SMILES string of the molecule is O=C(O)C(F)(F)c1cccc(C(F)(F)F)c1. The zero-order valence-electron chi connectivity index (χ0n) is 7.55. The van der Waals surface area contributed by atoms with Crippen LogP contribution in [0.15, 0.2) is 24.3 Å². The van der Waals surface area contributed by atoms with Crippen molar-refractivity contribution in [2.75, 3.05) is 0 Å². The van der Waals surface area contributed by atoms with Crippen LogP contribution < -0.4 is 0 Å². The Bertz CT molecular complexity index is 411. The van der Waals surface area contributed by atoms with Gasteiger partial charge in [-0.25, -0.2) is 4.79 Å². The van der Waals surface area contributed by atoms with E-state index in [-0.39, 0.29) is 6.07 Å². The highest BCUT2D eigenvalue weighted by atomic mass is 19.4. The van der Waals surface area contributed by atoms with E-state index in [1.165, 1.54) is 0 Å². The molecule has 1 N–H and O–H groups in total. The van der Waals surface area contributed by atoms with E-state index in [1.807, 2.05) is 0 Å². The normalized spacial score (nSPS) is 12.6. The zero-order chi connectivity index (χ0) is 12.6. The van der Waals surface area contributed by atoms with Crippen molar-refractivity contribution in [1.29, 1.82) is 0 Å². The predicted octanol–water partition coefficient (Wildman–Crippen LogP) is 2.88. The average molecular weight is 240 g/mol. The highest BCUT2D eigenvalue weighted by Crippen LogP contribution is 2.34. The van der Waals surface area contributed by atoms with Gasteiger partial charge in [-0.1, -0.05) is 12.1 Å². The fourth-order valence-electron chi connectivity index (χ4n) is 1.01. The third kappa shape index (κ3) is 2.29. The van der Waals surface area contributed by atoms with Crippen molar-refractivity contribution in [3.8, 4) is 0 Å². The van der Waals surface area contributed by atoms with Crippen molar-refractivity contribution in [2.24, 2.45) is 0 Å². The molecule has 16 heavy (non-hydrogen) atoms. The first kappa shape index (κ1) is 12.4. The summed E-state index contributed by atoms with van der Waals surface area (Å²) >= 11 is 0. The Morgan fingerprint density at radius 1 is 1.06 bits per heavy atom. The van der Waals surface area contributed by atoms with Crippen molar-refractivity contribution < 1.29 is 31.9 Å². The van der Waals surface area contributed by atoms with Gasteiger partial charge >= 0.3 is 18.1 Å². The molecule has 1 rings (SSSR count). The number of carbonyl (C=O) groups is 1. The molecule has 2 nitrogen and oxygen atoms in total. The Balaban J connectivity index is 3.23. The van der Waals surface area contributed by atoms with Crippen molar-refractivity contribution >= 4 is 5.97 Å². The molecule has 0 saturated heterocycles. The van der Waals surface area contributed by atoms with E-state index >= 15 is 0 Å². The number of aliphatic carboxylic acids is 1. The van der Waals surface area contributed by atoms with Gasteiger partial charge in [0.05, 0.1) is 5.56 Å². The van der Waals surface area contributed by atoms with Crippen LogP contribution in [0.2, 0.25) is 0 Å². The van der Waals surface area contributed by atoms with Crippen molar-refractivity contribution in [2.45, 2.75) is 12.1 Å². The smallest absolute Gasteiger partial charge is 0.416 e. The van der Waals surface area contributed by atoms with Crippen LogP contribution in [0.3, 0.4) is 0 Å². The number of rotatable bonds is 2. The minimum absolute atomic E-state index is 0.119. The molecule has 0 aromatic heterocycles. The number of benzene rings is 1. The summed E-state index contributed by atoms with van der Waals surface area (Å²) in [5.74, 6) is -6.83. The molecular weight excluding hydrogens is 235 g/mol. The molecule has 0 saturated carbocycles. The third-order valence-electron chi connectivity index (χ3n) is 1.82. The average Bonchev–Trinajstić information content (AvgIpc) is 2.16. The van der Waals surface area contributed by atoms with Gasteiger partial charge in [0, 0.05) is 5.56 Å². The summed E-state index contributed by atoms with van der Waals surface area (Å²) in [4.78, 5) is 10.2. The third-order valence-corrected chi connectivity index (χ3v) is 1.82. The minimum atomic E-state index is -4.79. The molecule has 88 valence electrons. The Hall–Kier alpha value is -1.66. The number of hydrogen-bond donors (Lipinski definition) is 1. The van der Waals surface area contributed by atoms with Crippen LogP contribution in [0.1, 0.15) is 11.1 Å². The molecule has 0 heterocycles. The van der Waals surface area contributed by atoms with E-state index < -0.39 is 29.2 Å². The van der Waals surface area contributed by atoms with E-state index in [1.54, 1.807) is 0 Å². The maximum absolute atomic E-state index is 12.9. The Labute approximate surface area is 86.3 Å². The number of carboxylic acids is 1. The molecule has 0 amide bonds. The second kappa shape index (κ2) is 3.73. The number of alkyl halides is 5. The molecule has 0 fully saturated rings. The van der Waals surface area contributed by atoms with E-state index in [0.29, 0.717) is 12.1 Å². The van der Waals surface area contributed by atoms with Gasteiger partial charge in [0.1, 0.15) is 0 Å². The zero-order valence-corrected chi connectivity index (χ0v) is 7.55. The molecule has 0 atom stereocenters. The van der Waals surface area contributed by atoms with Crippen LogP contribution >= 0.6 is 0 Å². The van der Waals surface area contributed by atoms with Crippen LogP contribution in [0.5, 0.6) is 0 Å². The maximum Gasteiger partial charge on any atom is 0.416 e. The first-order valence-electron chi connectivity index (χ1n) is 3.94. The van der Waals surface area contributed by atoms with Crippen LogP contribution in [0.25, 0.3) is 0 Å². The van der Waals surface area contributed by atoms with Gasteiger partial charge in [0.25, 0.3) is 0 Å². The number of carboxylic acid groups (broad SMARTS) is 1. The molecule has 0 unspecified atom stereocenters. The van der Waals surface area contributed by atoms with Gasteiger partial charge in [-0.3, -0.25) is 0 Å². The van der Waals surface area contributed by atoms with E-state index in [4.69, 9.17) is 5.11 Å². The van der Waals surface area contributed by atoms with Crippen molar-refractivity contribution in [1.82, 2.24) is 0 Å². The lowest BCUT2D eigenvalue weighted by atomic mass is 10.1. The molecule has 0 radical (unpaired) electrons. The first-order chi connectivity index (χ1) is 7.15. The fourth-order valence-corrected chi connectivity index (χ4v) is 1.01. The summed E-state index contributed by atoms with van der Waals surface area (Å²) in [6.07, 6.45) is -4.79. The quantitative estimate of drug-likeness (QED) is 0.807. The standard InChI is InChI=1S/C9H5F5O2/c10-8(11,7(15)16)5-2-1-3-6(4-5)9(12,13)14/h1-4H,(H,15,16). The number of halogens is 5. The second-order valence-corrected chi connectivity index (χ2v) is 2.96. The van der Waals surface area contributed by atoms with Gasteiger partial charge in [0.2, 0.25) is 0 Å². The Kier molecular flexibility index (Phi) is 2.89. The van der Waals surface area contributed by atoms with Crippen LogP contribution in [-0.2, 0) is 16.9 Å². The molecule has 0 aliphatic rings. The predicted molar refractivity (Wildman–Crippen MR) is 43.0 cm³/mol. The highest BCUT2D eigenvalue weighted by molar-refractivity contribution is 5.77. The lowest BCUT2D eigenvalue weighted by molar-refractivity contribution is -0.166. The van der Waals surface area contributed by atoms with Gasteiger partial charge in [-0.05, 0) is 12.1 Å². The van der Waals surface area contributed by atoms with E-state index in [9.17, 15) is 26.7 Å². The topological polar surface area (TPSA) is 37.3 Å².